The number of fused-ring (bicyclic) bond motifs is 1. The predicted octanol–water partition coefficient (Wildman–Crippen LogP) is 2.47. The second kappa shape index (κ2) is 3.00. The first-order valence-corrected chi connectivity index (χ1v) is 4.69. The van der Waals surface area contributed by atoms with Crippen molar-refractivity contribution in [3.8, 4) is 0 Å². The fourth-order valence-electron chi connectivity index (χ4n) is 1.47. The number of carboxylic acids is 1. The third-order valence-electron chi connectivity index (χ3n) is 2.12. The standard InChI is InChI=1S/C10H7BrO2/c11-9-3-1-2-6-4-7(10(12)13)5-8(6)9/h1-3,5H,4H2,(H,12,13). The third-order valence-corrected chi connectivity index (χ3v) is 2.81. The number of halogens is 1. The maximum absolute atomic E-state index is 10.7. The van der Waals surface area contributed by atoms with E-state index in [0.29, 0.717) is 12.0 Å². The molecule has 1 N–H and O–H groups in total. The van der Waals surface area contributed by atoms with Crippen LogP contribution in [0.4, 0.5) is 0 Å². The van der Waals surface area contributed by atoms with E-state index in [2.05, 4.69) is 15.9 Å². The molecule has 2 rings (SSSR count). The molecule has 0 atom stereocenters. The summed E-state index contributed by atoms with van der Waals surface area (Å²) >= 11 is 3.39. The number of rotatable bonds is 1. The summed E-state index contributed by atoms with van der Waals surface area (Å²) < 4.78 is 0.959. The Morgan fingerprint density at radius 2 is 2.23 bits per heavy atom. The van der Waals surface area contributed by atoms with Gasteiger partial charge in [-0.2, -0.15) is 0 Å². The van der Waals surface area contributed by atoms with Crippen LogP contribution in [0, 0.1) is 0 Å². The monoisotopic (exact) mass is 238 g/mol. The van der Waals surface area contributed by atoms with Crippen LogP contribution in [0.15, 0.2) is 28.2 Å². The Balaban J connectivity index is 2.49. The van der Waals surface area contributed by atoms with Crippen molar-refractivity contribution in [2.24, 2.45) is 0 Å². The summed E-state index contributed by atoms with van der Waals surface area (Å²) in [7, 11) is 0. The molecule has 66 valence electrons. The van der Waals surface area contributed by atoms with E-state index >= 15 is 0 Å². The van der Waals surface area contributed by atoms with Gasteiger partial charge in [-0.15, -0.1) is 0 Å². The van der Waals surface area contributed by atoms with Crippen LogP contribution in [-0.4, -0.2) is 11.1 Å². The molecule has 0 saturated heterocycles. The van der Waals surface area contributed by atoms with E-state index in [1.807, 2.05) is 18.2 Å². The zero-order valence-corrected chi connectivity index (χ0v) is 8.34. The van der Waals surface area contributed by atoms with Crippen molar-refractivity contribution in [1.82, 2.24) is 0 Å². The molecule has 13 heavy (non-hydrogen) atoms. The van der Waals surface area contributed by atoms with Gasteiger partial charge in [0.05, 0.1) is 0 Å². The summed E-state index contributed by atoms with van der Waals surface area (Å²) in [6.45, 7) is 0. The summed E-state index contributed by atoms with van der Waals surface area (Å²) in [4.78, 5) is 10.7. The molecular formula is C10H7BrO2. The maximum Gasteiger partial charge on any atom is 0.331 e. The molecule has 0 radical (unpaired) electrons. The highest BCUT2D eigenvalue weighted by Crippen LogP contribution is 2.30. The molecule has 1 aromatic carbocycles. The number of carbonyl (C=O) groups is 1. The lowest BCUT2D eigenvalue weighted by Crippen LogP contribution is -1.99. The molecule has 0 saturated carbocycles. The van der Waals surface area contributed by atoms with Crippen molar-refractivity contribution in [3.05, 3.63) is 39.4 Å². The van der Waals surface area contributed by atoms with Gasteiger partial charge in [0.1, 0.15) is 0 Å². The third kappa shape index (κ3) is 1.40. The quantitative estimate of drug-likeness (QED) is 0.817. The molecule has 0 bridgehead atoms. The van der Waals surface area contributed by atoms with Crippen molar-refractivity contribution >= 4 is 28.0 Å². The van der Waals surface area contributed by atoms with Crippen molar-refractivity contribution in [3.63, 3.8) is 0 Å². The van der Waals surface area contributed by atoms with E-state index in [4.69, 9.17) is 5.11 Å². The fraction of sp³-hybridized carbons (Fsp3) is 0.100. The SMILES string of the molecule is O=C(O)C1=Cc2c(Br)cccc2C1. The molecule has 1 aliphatic carbocycles. The van der Waals surface area contributed by atoms with Gasteiger partial charge >= 0.3 is 5.97 Å². The zero-order chi connectivity index (χ0) is 9.42. The maximum atomic E-state index is 10.7. The van der Waals surface area contributed by atoms with Crippen LogP contribution in [0.3, 0.4) is 0 Å². The van der Waals surface area contributed by atoms with Crippen LogP contribution in [0.2, 0.25) is 0 Å². The Labute approximate surface area is 84.0 Å². The average molecular weight is 239 g/mol. The molecule has 0 unspecified atom stereocenters. The van der Waals surface area contributed by atoms with Crippen LogP contribution in [0.25, 0.3) is 6.08 Å². The largest absolute Gasteiger partial charge is 0.478 e. The molecule has 0 aliphatic heterocycles. The van der Waals surface area contributed by atoms with E-state index < -0.39 is 5.97 Å². The topological polar surface area (TPSA) is 37.3 Å². The Hall–Kier alpha value is -1.09. The minimum absolute atomic E-state index is 0.460. The van der Waals surface area contributed by atoms with Crippen molar-refractivity contribution in [2.45, 2.75) is 6.42 Å². The van der Waals surface area contributed by atoms with Gasteiger partial charge in [-0.05, 0) is 23.3 Å². The number of benzene rings is 1. The van der Waals surface area contributed by atoms with Gasteiger partial charge in [0.15, 0.2) is 0 Å². The number of aliphatic carboxylic acids is 1. The van der Waals surface area contributed by atoms with Crippen LogP contribution < -0.4 is 0 Å². The smallest absolute Gasteiger partial charge is 0.331 e. The molecule has 0 amide bonds. The number of hydrogen-bond donors (Lipinski definition) is 1. The van der Waals surface area contributed by atoms with Crippen LogP contribution in [-0.2, 0) is 11.2 Å². The van der Waals surface area contributed by atoms with Crippen molar-refractivity contribution in [1.29, 1.82) is 0 Å². The molecule has 0 spiro atoms. The highest BCUT2D eigenvalue weighted by Gasteiger charge is 2.18. The first-order chi connectivity index (χ1) is 6.18. The van der Waals surface area contributed by atoms with Gasteiger partial charge in [0.25, 0.3) is 0 Å². The van der Waals surface area contributed by atoms with E-state index in [1.165, 1.54) is 0 Å². The Morgan fingerprint density at radius 1 is 1.46 bits per heavy atom. The predicted molar refractivity (Wildman–Crippen MR) is 53.5 cm³/mol. The first kappa shape index (κ1) is 8.51. The molecule has 3 heteroatoms. The summed E-state index contributed by atoms with van der Waals surface area (Å²) in [5, 5.41) is 8.79. The second-order valence-electron chi connectivity index (χ2n) is 2.96. The van der Waals surface area contributed by atoms with Crippen molar-refractivity contribution in [2.75, 3.05) is 0 Å². The Morgan fingerprint density at radius 3 is 2.85 bits per heavy atom. The number of carboxylic acid groups (broad SMARTS) is 1. The molecule has 1 aromatic rings. The Bertz CT molecular complexity index is 407. The summed E-state index contributed by atoms with van der Waals surface area (Å²) in [5.41, 5.74) is 2.54. The molecular weight excluding hydrogens is 232 g/mol. The van der Waals surface area contributed by atoms with Crippen LogP contribution in [0.5, 0.6) is 0 Å². The lowest BCUT2D eigenvalue weighted by Gasteiger charge is -1.98. The van der Waals surface area contributed by atoms with Gasteiger partial charge in [-0.3, -0.25) is 0 Å². The van der Waals surface area contributed by atoms with Gasteiger partial charge in [-0.1, -0.05) is 28.1 Å². The molecule has 0 aromatic heterocycles. The summed E-state index contributed by atoms with van der Waals surface area (Å²) in [6.07, 6.45) is 2.26. The van der Waals surface area contributed by atoms with E-state index in [0.717, 1.165) is 15.6 Å². The highest BCUT2D eigenvalue weighted by molar-refractivity contribution is 9.10. The van der Waals surface area contributed by atoms with Gasteiger partial charge in [0, 0.05) is 16.5 Å². The fourth-order valence-corrected chi connectivity index (χ4v) is 1.99. The normalized spacial score (nSPS) is 13.8. The van der Waals surface area contributed by atoms with E-state index in [-0.39, 0.29) is 0 Å². The summed E-state index contributed by atoms with van der Waals surface area (Å²) in [5.74, 6) is -0.830. The Kier molecular flexibility index (Phi) is 1.96. The minimum atomic E-state index is -0.830. The highest BCUT2D eigenvalue weighted by atomic mass is 79.9. The van der Waals surface area contributed by atoms with Gasteiger partial charge < -0.3 is 5.11 Å². The van der Waals surface area contributed by atoms with Crippen LogP contribution in [0.1, 0.15) is 11.1 Å². The van der Waals surface area contributed by atoms with Crippen LogP contribution >= 0.6 is 15.9 Å². The molecule has 1 aliphatic rings. The lowest BCUT2D eigenvalue weighted by molar-refractivity contribution is -0.132. The second-order valence-corrected chi connectivity index (χ2v) is 3.82. The lowest BCUT2D eigenvalue weighted by atomic mass is 10.1. The summed E-state index contributed by atoms with van der Waals surface area (Å²) in [6, 6.07) is 5.79. The number of hydrogen-bond acceptors (Lipinski definition) is 1. The van der Waals surface area contributed by atoms with Gasteiger partial charge in [0.2, 0.25) is 0 Å². The first-order valence-electron chi connectivity index (χ1n) is 3.90. The molecule has 2 nitrogen and oxygen atoms in total. The van der Waals surface area contributed by atoms with Gasteiger partial charge in [-0.25, -0.2) is 4.79 Å². The van der Waals surface area contributed by atoms with E-state index in [1.54, 1.807) is 6.08 Å². The molecule has 0 fully saturated rings. The van der Waals surface area contributed by atoms with E-state index in [9.17, 15) is 4.79 Å². The zero-order valence-electron chi connectivity index (χ0n) is 6.75. The average Bonchev–Trinajstić information content (AvgIpc) is 2.49. The minimum Gasteiger partial charge on any atom is -0.478 e. The molecule has 0 heterocycles. The van der Waals surface area contributed by atoms with Crippen molar-refractivity contribution < 1.29 is 9.90 Å².